The van der Waals surface area contributed by atoms with Gasteiger partial charge in [-0.25, -0.2) is 4.98 Å². The van der Waals surface area contributed by atoms with Crippen LogP contribution in [0.2, 0.25) is 0 Å². The molecule has 0 fully saturated rings. The molecule has 1 amide bonds. The minimum Gasteiger partial charge on any atom is -0.493 e. The van der Waals surface area contributed by atoms with Crippen molar-refractivity contribution in [3.63, 3.8) is 0 Å². The molecule has 152 valence electrons. The molecule has 7 heteroatoms. The second-order valence-electron chi connectivity index (χ2n) is 6.34. The van der Waals surface area contributed by atoms with Crippen molar-refractivity contribution in [2.24, 2.45) is 0 Å². The van der Waals surface area contributed by atoms with Crippen LogP contribution < -0.4 is 24.8 Å². The first-order valence-electron chi connectivity index (χ1n) is 9.32. The van der Waals surface area contributed by atoms with Gasteiger partial charge in [-0.2, -0.15) is 0 Å². The van der Waals surface area contributed by atoms with Crippen LogP contribution in [0.4, 0.5) is 5.82 Å². The summed E-state index contributed by atoms with van der Waals surface area (Å²) in [7, 11) is 4.56. The molecule has 0 atom stereocenters. The average Bonchev–Trinajstić information content (AvgIpc) is 2.71. The van der Waals surface area contributed by atoms with Gasteiger partial charge in [0.15, 0.2) is 11.5 Å². The minimum atomic E-state index is -0.237. The molecular weight excluding hydrogens is 358 g/mol. The Balaban J connectivity index is 2.16. The van der Waals surface area contributed by atoms with E-state index in [-0.39, 0.29) is 5.91 Å². The smallest absolute Gasteiger partial charge is 0.251 e. The van der Waals surface area contributed by atoms with E-state index in [1.165, 1.54) is 21.3 Å². The zero-order valence-electron chi connectivity index (χ0n) is 17.2. The third-order valence-corrected chi connectivity index (χ3v) is 4.31. The van der Waals surface area contributed by atoms with E-state index in [9.17, 15) is 4.79 Å². The fourth-order valence-electron chi connectivity index (χ4n) is 2.75. The summed E-state index contributed by atoms with van der Waals surface area (Å²) in [4.78, 5) is 17.2. The third-order valence-electron chi connectivity index (χ3n) is 4.31. The fraction of sp³-hybridized carbons (Fsp3) is 0.429. The summed E-state index contributed by atoms with van der Waals surface area (Å²) in [5.41, 5.74) is 2.29. The zero-order valence-corrected chi connectivity index (χ0v) is 17.2. The molecule has 0 unspecified atom stereocenters. The third kappa shape index (κ3) is 5.28. The topological polar surface area (TPSA) is 81.7 Å². The van der Waals surface area contributed by atoms with E-state index in [2.05, 4.69) is 22.5 Å². The lowest BCUT2D eigenvalue weighted by atomic mass is 10.1. The van der Waals surface area contributed by atoms with Crippen molar-refractivity contribution in [3.05, 3.63) is 41.1 Å². The SMILES string of the molecule is CCCCNc1nc(C)ccc1CNC(=O)c1cc(OC)c(OC)c(OC)c1. The first-order valence-corrected chi connectivity index (χ1v) is 9.32. The average molecular weight is 387 g/mol. The first-order chi connectivity index (χ1) is 13.5. The fourth-order valence-corrected chi connectivity index (χ4v) is 2.75. The van der Waals surface area contributed by atoms with Gasteiger partial charge in [0.25, 0.3) is 5.91 Å². The first kappa shape index (κ1) is 21.3. The number of carbonyl (C=O) groups is 1. The molecule has 1 heterocycles. The van der Waals surface area contributed by atoms with Gasteiger partial charge in [0.2, 0.25) is 5.75 Å². The normalized spacial score (nSPS) is 10.3. The van der Waals surface area contributed by atoms with Crippen LogP contribution in [0.1, 0.15) is 41.4 Å². The van der Waals surface area contributed by atoms with Gasteiger partial charge in [0.05, 0.1) is 21.3 Å². The highest BCUT2D eigenvalue weighted by Gasteiger charge is 2.17. The Morgan fingerprint density at radius 2 is 1.75 bits per heavy atom. The quantitative estimate of drug-likeness (QED) is 0.607. The maximum atomic E-state index is 12.7. The van der Waals surface area contributed by atoms with Crippen LogP contribution in [0.15, 0.2) is 24.3 Å². The van der Waals surface area contributed by atoms with Crippen molar-refractivity contribution in [1.29, 1.82) is 0 Å². The van der Waals surface area contributed by atoms with E-state index in [1.807, 2.05) is 19.1 Å². The molecule has 1 aromatic heterocycles. The lowest BCUT2D eigenvalue weighted by Gasteiger charge is -2.15. The van der Waals surface area contributed by atoms with Crippen LogP contribution in [0.3, 0.4) is 0 Å². The minimum absolute atomic E-state index is 0.237. The van der Waals surface area contributed by atoms with E-state index in [0.717, 1.165) is 36.5 Å². The number of hydrogen-bond donors (Lipinski definition) is 2. The number of nitrogens with one attached hydrogen (secondary N) is 2. The number of aryl methyl sites for hydroxylation is 1. The number of nitrogens with zero attached hydrogens (tertiary/aromatic N) is 1. The summed E-state index contributed by atoms with van der Waals surface area (Å²) >= 11 is 0. The van der Waals surface area contributed by atoms with Crippen molar-refractivity contribution in [2.75, 3.05) is 33.2 Å². The second kappa shape index (κ2) is 10.4. The summed E-state index contributed by atoms with van der Waals surface area (Å²) in [6, 6.07) is 7.17. The summed E-state index contributed by atoms with van der Waals surface area (Å²) in [5.74, 6) is 1.89. The van der Waals surface area contributed by atoms with E-state index < -0.39 is 0 Å². The molecule has 2 rings (SSSR count). The Hall–Kier alpha value is -2.96. The number of ether oxygens (including phenoxy) is 3. The van der Waals surface area contributed by atoms with Gasteiger partial charge in [-0.05, 0) is 31.5 Å². The number of pyridine rings is 1. The molecule has 0 aliphatic heterocycles. The van der Waals surface area contributed by atoms with Crippen LogP contribution >= 0.6 is 0 Å². The van der Waals surface area contributed by atoms with Crippen molar-refractivity contribution < 1.29 is 19.0 Å². The van der Waals surface area contributed by atoms with E-state index in [0.29, 0.717) is 29.4 Å². The van der Waals surface area contributed by atoms with Crippen molar-refractivity contribution in [2.45, 2.75) is 33.2 Å². The number of benzene rings is 1. The molecule has 0 aliphatic rings. The Morgan fingerprint density at radius 1 is 1.07 bits per heavy atom. The molecule has 2 N–H and O–H groups in total. The molecule has 1 aromatic carbocycles. The molecule has 0 saturated heterocycles. The maximum Gasteiger partial charge on any atom is 0.251 e. The number of rotatable bonds is 10. The standard InChI is InChI=1S/C21H29N3O4/c1-6-7-10-22-20-15(9-8-14(2)24-20)13-23-21(25)16-11-17(26-3)19(28-5)18(12-16)27-4/h8-9,11-12H,6-7,10,13H2,1-5H3,(H,22,24)(H,23,25). The number of anilines is 1. The van der Waals surface area contributed by atoms with E-state index >= 15 is 0 Å². The largest absolute Gasteiger partial charge is 0.493 e. The number of carbonyl (C=O) groups excluding carboxylic acids is 1. The highest BCUT2D eigenvalue weighted by atomic mass is 16.5. The Labute approximate surface area is 166 Å². The number of hydrogen-bond acceptors (Lipinski definition) is 6. The number of aromatic nitrogens is 1. The van der Waals surface area contributed by atoms with Crippen molar-refractivity contribution >= 4 is 11.7 Å². The molecule has 28 heavy (non-hydrogen) atoms. The molecule has 0 aliphatic carbocycles. The lowest BCUT2D eigenvalue weighted by Crippen LogP contribution is -2.24. The Bertz CT molecular complexity index is 783. The van der Waals surface area contributed by atoms with Gasteiger partial charge in [-0.15, -0.1) is 0 Å². The number of amides is 1. The molecule has 0 radical (unpaired) electrons. The predicted molar refractivity (Wildman–Crippen MR) is 110 cm³/mol. The van der Waals surface area contributed by atoms with Gasteiger partial charge in [0.1, 0.15) is 5.82 Å². The van der Waals surface area contributed by atoms with Crippen LogP contribution in [-0.2, 0) is 6.54 Å². The number of unbranched alkanes of at least 4 members (excludes halogenated alkanes) is 1. The Kier molecular flexibility index (Phi) is 7.92. The lowest BCUT2D eigenvalue weighted by molar-refractivity contribution is 0.0950. The zero-order chi connectivity index (χ0) is 20.5. The summed E-state index contributed by atoms with van der Waals surface area (Å²) in [5, 5.41) is 6.29. The van der Waals surface area contributed by atoms with Crippen LogP contribution in [-0.4, -0.2) is 38.8 Å². The van der Waals surface area contributed by atoms with Gasteiger partial charge in [-0.3, -0.25) is 4.79 Å². The molecule has 0 bridgehead atoms. The monoisotopic (exact) mass is 387 g/mol. The van der Waals surface area contributed by atoms with Gasteiger partial charge >= 0.3 is 0 Å². The second-order valence-corrected chi connectivity index (χ2v) is 6.34. The molecular formula is C21H29N3O4. The molecule has 2 aromatic rings. The Morgan fingerprint density at radius 3 is 2.32 bits per heavy atom. The highest BCUT2D eigenvalue weighted by Crippen LogP contribution is 2.38. The molecule has 0 spiro atoms. The number of methoxy groups -OCH3 is 3. The molecule has 7 nitrogen and oxygen atoms in total. The summed E-state index contributed by atoms with van der Waals surface area (Å²) in [6.45, 7) is 5.30. The van der Waals surface area contributed by atoms with Crippen molar-refractivity contribution in [1.82, 2.24) is 10.3 Å². The van der Waals surface area contributed by atoms with Crippen LogP contribution in [0.5, 0.6) is 17.2 Å². The van der Waals surface area contributed by atoms with Crippen LogP contribution in [0.25, 0.3) is 0 Å². The summed E-state index contributed by atoms with van der Waals surface area (Å²) in [6.07, 6.45) is 2.17. The highest BCUT2D eigenvalue weighted by molar-refractivity contribution is 5.95. The predicted octanol–water partition coefficient (Wildman–Crippen LogP) is 3.56. The van der Waals surface area contributed by atoms with Gasteiger partial charge < -0.3 is 24.8 Å². The van der Waals surface area contributed by atoms with Gasteiger partial charge in [-0.1, -0.05) is 19.4 Å². The maximum absolute atomic E-state index is 12.7. The van der Waals surface area contributed by atoms with Gasteiger partial charge in [0, 0.05) is 29.9 Å². The summed E-state index contributed by atoms with van der Waals surface area (Å²) < 4.78 is 15.9. The van der Waals surface area contributed by atoms with E-state index in [1.54, 1.807) is 12.1 Å². The van der Waals surface area contributed by atoms with Crippen LogP contribution in [0, 0.1) is 6.92 Å². The molecule has 0 saturated carbocycles. The van der Waals surface area contributed by atoms with Crippen molar-refractivity contribution in [3.8, 4) is 17.2 Å². The van der Waals surface area contributed by atoms with E-state index in [4.69, 9.17) is 14.2 Å².